The molecule has 1 aromatic heterocycles. The van der Waals surface area contributed by atoms with Gasteiger partial charge in [0.25, 0.3) is 0 Å². The highest BCUT2D eigenvalue weighted by Crippen LogP contribution is 2.20. The van der Waals surface area contributed by atoms with Crippen molar-refractivity contribution in [2.45, 2.75) is 39.0 Å². The van der Waals surface area contributed by atoms with Crippen molar-refractivity contribution in [2.24, 2.45) is 0 Å². The molecule has 0 bridgehead atoms. The molecule has 0 radical (unpaired) electrons. The van der Waals surface area contributed by atoms with E-state index in [-0.39, 0.29) is 17.8 Å². The van der Waals surface area contributed by atoms with Crippen LogP contribution >= 0.6 is 0 Å². The third-order valence-electron chi connectivity index (χ3n) is 3.75. The Morgan fingerprint density at radius 3 is 2.83 bits per heavy atom. The summed E-state index contributed by atoms with van der Waals surface area (Å²) in [6, 6.07) is 8.20. The predicted molar refractivity (Wildman–Crippen MR) is 87.1 cm³/mol. The van der Waals surface area contributed by atoms with Gasteiger partial charge in [0.05, 0.1) is 17.6 Å². The molecular formula is C16H22N4O3. The second-order valence-electron chi connectivity index (χ2n) is 6.21. The molecule has 2 aromatic rings. The lowest BCUT2D eigenvalue weighted by atomic mass is 9.93. The number of nitrogens with one attached hydrogen (secondary N) is 1. The van der Waals surface area contributed by atoms with E-state index >= 15 is 0 Å². The Hall–Kier alpha value is -2.25. The fraction of sp³-hybridized carbons (Fsp3) is 0.438. The fourth-order valence-electron chi connectivity index (χ4n) is 2.34. The quantitative estimate of drug-likeness (QED) is 0.601. The van der Waals surface area contributed by atoms with Gasteiger partial charge in [-0.25, -0.2) is 0 Å². The van der Waals surface area contributed by atoms with Crippen LogP contribution in [-0.4, -0.2) is 32.5 Å². The van der Waals surface area contributed by atoms with Crippen LogP contribution in [0.3, 0.4) is 0 Å². The van der Waals surface area contributed by atoms with Gasteiger partial charge in [0.15, 0.2) is 0 Å². The van der Waals surface area contributed by atoms with Crippen LogP contribution in [0.15, 0.2) is 36.7 Å². The van der Waals surface area contributed by atoms with Crippen molar-refractivity contribution in [3.05, 3.63) is 57.9 Å². The van der Waals surface area contributed by atoms with E-state index in [1.165, 1.54) is 22.6 Å². The van der Waals surface area contributed by atoms with E-state index < -0.39 is 11.0 Å². The third kappa shape index (κ3) is 4.61. The number of hydrogen-bond donors (Lipinski definition) is 2. The number of aromatic nitrogens is 2. The average molecular weight is 318 g/mol. The van der Waals surface area contributed by atoms with Gasteiger partial charge in [0.1, 0.15) is 12.4 Å². The Kier molecular flexibility index (Phi) is 5.12. The molecule has 1 aromatic carbocycles. The Labute approximate surface area is 135 Å². The monoisotopic (exact) mass is 318 g/mol. The van der Waals surface area contributed by atoms with Crippen molar-refractivity contribution in [2.75, 3.05) is 6.54 Å². The van der Waals surface area contributed by atoms with E-state index in [2.05, 4.69) is 16.5 Å². The van der Waals surface area contributed by atoms with Crippen molar-refractivity contribution in [3.8, 4) is 0 Å². The lowest BCUT2D eigenvalue weighted by molar-refractivity contribution is -0.385. The molecule has 1 unspecified atom stereocenters. The summed E-state index contributed by atoms with van der Waals surface area (Å²) in [6.07, 6.45) is 1.80. The van der Waals surface area contributed by atoms with Gasteiger partial charge in [0, 0.05) is 12.1 Å². The Bertz CT molecular complexity index is 681. The van der Waals surface area contributed by atoms with E-state index in [4.69, 9.17) is 0 Å². The van der Waals surface area contributed by atoms with E-state index in [1.807, 2.05) is 39.0 Å². The summed E-state index contributed by atoms with van der Waals surface area (Å²) < 4.78 is 1.38. The van der Waals surface area contributed by atoms with Crippen LogP contribution in [0, 0.1) is 17.0 Å². The van der Waals surface area contributed by atoms with Crippen LogP contribution < -0.4 is 5.32 Å². The minimum atomic E-state index is -0.696. The Morgan fingerprint density at radius 2 is 2.22 bits per heavy atom. The summed E-state index contributed by atoms with van der Waals surface area (Å²) in [5.74, 6) is 0. The second-order valence-corrected chi connectivity index (χ2v) is 6.21. The average Bonchev–Trinajstić information content (AvgIpc) is 2.94. The summed E-state index contributed by atoms with van der Waals surface area (Å²) in [7, 11) is 0. The molecule has 2 rings (SSSR count). The van der Waals surface area contributed by atoms with Crippen LogP contribution in [0.1, 0.15) is 25.0 Å². The van der Waals surface area contributed by atoms with Crippen LogP contribution in [0.2, 0.25) is 0 Å². The molecule has 0 saturated heterocycles. The SMILES string of the molecule is Cc1cccc(C(C)(C)NCC(O)Cn2cc([N+](=O)[O-])cn2)c1. The molecule has 1 atom stereocenters. The van der Waals surface area contributed by atoms with Crippen LogP contribution in [0.4, 0.5) is 5.69 Å². The fourth-order valence-corrected chi connectivity index (χ4v) is 2.34. The standard InChI is InChI=1S/C16H22N4O3/c1-12-5-4-6-13(7-12)16(2,3)17-9-15(21)11-19-10-14(8-18-19)20(22)23/h4-8,10,15,17,21H,9,11H2,1-3H3. The van der Waals surface area contributed by atoms with Gasteiger partial charge in [-0.05, 0) is 26.3 Å². The molecule has 124 valence electrons. The number of nitro groups is 1. The van der Waals surface area contributed by atoms with Crippen LogP contribution in [0.25, 0.3) is 0 Å². The first-order chi connectivity index (χ1) is 10.8. The van der Waals surface area contributed by atoms with Gasteiger partial charge < -0.3 is 10.4 Å². The predicted octanol–water partition coefficient (Wildman–Crippen LogP) is 1.99. The molecule has 0 aliphatic rings. The summed E-state index contributed by atoms with van der Waals surface area (Å²) in [5, 5.41) is 27.9. The summed E-state index contributed by atoms with van der Waals surface area (Å²) in [6.45, 7) is 6.69. The van der Waals surface area contributed by atoms with Gasteiger partial charge in [-0.15, -0.1) is 0 Å². The Morgan fingerprint density at radius 1 is 1.48 bits per heavy atom. The van der Waals surface area contributed by atoms with Crippen LogP contribution in [-0.2, 0) is 12.1 Å². The molecule has 7 heteroatoms. The van der Waals surface area contributed by atoms with E-state index in [9.17, 15) is 15.2 Å². The zero-order chi connectivity index (χ0) is 17.0. The van der Waals surface area contributed by atoms with E-state index in [1.54, 1.807) is 0 Å². The van der Waals surface area contributed by atoms with E-state index in [0.29, 0.717) is 6.54 Å². The molecule has 2 N–H and O–H groups in total. The number of hydrogen-bond acceptors (Lipinski definition) is 5. The summed E-state index contributed by atoms with van der Waals surface area (Å²) in [4.78, 5) is 10.1. The van der Waals surface area contributed by atoms with Gasteiger partial charge in [-0.2, -0.15) is 5.10 Å². The molecule has 23 heavy (non-hydrogen) atoms. The minimum Gasteiger partial charge on any atom is -0.390 e. The highest BCUT2D eigenvalue weighted by molar-refractivity contribution is 5.27. The molecule has 0 fully saturated rings. The third-order valence-corrected chi connectivity index (χ3v) is 3.75. The number of benzene rings is 1. The van der Waals surface area contributed by atoms with Gasteiger partial charge in [0.2, 0.25) is 0 Å². The van der Waals surface area contributed by atoms with E-state index in [0.717, 1.165) is 5.56 Å². The zero-order valence-corrected chi connectivity index (χ0v) is 13.6. The lowest BCUT2D eigenvalue weighted by Crippen LogP contribution is -2.42. The van der Waals surface area contributed by atoms with Crippen molar-refractivity contribution >= 4 is 5.69 Å². The molecule has 0 saturated carbocycles. The molecular weight excluding hydrogens is 296 g/mol. The van der Waals surface area contributed by atoms with Gasteiger partial charge >= 0.3 is 5.69 Å². The zero-order valence-electron chi connectivity index (χ0n) is 13.6. The smallest absolute Gasteiger partial charge is 0.306 e. The first kappa shape index (κ1) is 17.1. The lowest BCUT2D eigenvalue weighted by Gasteiger charge is -2.28. The number of nitrogens with zero attached hydrogens (tertiary/aromatic N) is 3. The molecule has 0 aliphatic carbocycles. The first-order valence-corrected chi connectivity index (χ1v) is 7.45. The Balaban J connectivity index is 1.92. The van der Waals surface area contributed by atoms with Crippen LogP contribution in [0.5, 0.6) is 0 Å². The molecule has 0 spiro atoms. The largest absolute Gasteiger partial charge is 0.390 e. The highest BCUT2D eigenvalue weighted by Gasteiger charge is 2.21. The van der Waals surface area contributed by atoms with Crippen molar-refractivity contribution in [3.63, 3.8) is 0 Å². The van der Waals surface area contributed by atoms with Crippen molar-refractivity contribution in [1.82, 2.24) is 15.1 Å². The first-order valence-electron chi connectivity index (χ1n) is 7.45. The van der Waals surface area contributed by atoms with Crippen molar-refractivity contribution in [1.29, 1.82) is 0 Å². The maximum atomic E-state index is 10.6. The second kappa shape index (κ2) is 6.89. The van der Waals surface area contributed by atoms with Crippen molar-refractivity contribution < 1.29 is 10.0 Å². The highest BCUT2D eigenvalue weighted by atomic mass is 16.6. The van der Waals surface area contributed by atoms with Gasteiger partial charge in [-0.3, -0.25) is 14.8 Å². The minimum absolute atomic E-state index is 0.0785. The summed E-state index contributed by atoms with van der Waals surface area (Å²) >= 11 is 0. The number of rotatable bonds is 7. The number of aryl methyl sites for hydroxylation is 1. The topological polar surface area (TPSA) is 93.2 Å². The molecule has 0 amide bonds. The molecule has 0 aliphatic heterocycles. The maximum absolute atomic E-state index is 10.6. The number of aliphatic hydroxyl groups is 1. The normalized spacial score (nSPS) is 13.0. The molecule has 1 heterocycles. The number of aliphatic hydroxyl groups excluding tert-OH is 1. The summed E-state index contributed by atoms with van der Waals surface area (Å²) in [5.41, 5.74) is 1.95. The maximum Gasteiger partial charge on any atom is 0.306 e. The van der Waals surface area contributed by atoms with Gasteiger partial charge in [-0.1, -0.05) is 29.8 Å². The molecule has 7 nitrogen and oxygen atoms in total.